The number of nitrogens with one attached hydrogen (secondary N) is 1. The largest absolute Gasteiger partial charge is 0.383 e. The second-order valence-electron chi connectivity index (χ2n) is 1.80. The van der Waals surface area contributed by atoms with Gasteiger partial charge in [-0.3, -0.25) is 4.79 Å². The lowest BCUT2D eigenvalue weighted by atomic mass is 10.4. The van der Waals surface area contributed by atoms with E-state index >= 15 is 0 Å². The Morgan fingerprint density at radius 1 is 1.60 bits per heavy atom. The Balaban J connectivity index is 3.05. The zero-order valence-electron chi connectivity index (χ0n) is 6.05. The van der Waals surface area contributed by atoms with Crippen molar-refractivity contribution in [2.24, 2.45) is 0 Å². The normalized spacial score (nSPS) is 9.40. The molecule has 59 valence electrons. The number of ether oxygens (including phenoxy) is 1. The molecule has 10 heavy (non-hydrogen) atoms. The molecule has 0 aromatic rings. The maximum atomic E-state index is 10.6. The van der Waals surface area contributed by atoms with Crippen molar-refractivity contribution in [1.82, 2.24) is 5.32 Å². The topological polar surface area (TPSA) is 58.2 Å². The lowest BCUT2D eigenvalue weighted by Crippen LogP contribution is -2.27. The number of hydrogen-bond acceptors (Lipinski definition) is 2. The van der Waals surface area contributed by atoms with Crippen LogP contribution in [0, 0.1) is 0 Å². The number of rotatable bonds is 5. The smallest absolute Gasteiger partial charge is 0.222 e. The molecule has 0 aliphatic carbocycles. The maximum Gasteiger partial charge on any atom is 0.222 e. The molecular formula is C6H12NO3. The van der Waals surface area contributed by atoms with Gasteiger partial charge < -0.3 is 10.1 Å². The number of hydrogen-bond donors (Lipinski definition) is 1. The molecule has 1 amide bonds. The second-order valence-corrected chi connectivity index (χ2v) is 1.80. The molecule has 4 nitrogen and oxygen atoms in total. The predicted molar refractivity (Wildman–Crippen MR) is 35.1 cm³/mol. The molecule has 0 saturated carbocycles. The van der Waals surface area contributed by atoms with Crippen molar-refractivity contribution in [1.29, 1.82) is 0 Å². The number of amides is 1. The minimum atomic E-state index is -0.348. The van der Waals surface area contributed by atoms with Crippen LogP contribution in [0.15, 0.2) is 0 Å². The van der Waals surface area contributed by atoms with Gasteiger partial charge in [0, 0.05) is 13.7 Å². The van der Waals surface area contributed by atoms with Crippen LogP contribution in [-0.4, -0.2) is 32.8 Å². The minimum Gasteiger partial charge on any atom is -0.383 e. The molecule has 0 aromatic carbocycles. The molecule has 4 heteroatoms. The highest BCUT2D eigenvalue weighted by Gasteiger charge is 1.97. The molecule has 1 N–H and O–H groups in total. The van der Waals surface area contributed by atoms with Crippen molar-refractivity contribution >= 4 is 5.91 Å². The summed E-state index contributed by atoms with van der Waals surface area (Å²) in [6.07, 6.45) is 0.0592. The standard InChI is InChI=1S/C6H12NO3/c1-10-5-3-7-6(9)2-4-8/h2-5H2,1H3,(H,7,9). The molecule has 0 rings (SSSR count). The van der Waals surface area contributed by atoms with Gasteiger partial charge in [-0.1, -0.05) is 0 Å². The Morgan fingerprint density at radius 3 is 2.80 bits per heavy atom. The van der Waals surface area contributed by atoms with Gasteiger partial charge in [-0.2, -0.15) is 0 Å². The van der Waals surface area contributed by atoms with E-state index in [1.165, 1.54) is 0 Å². The Morgan fingerprint density at radius 2 is 2.30 bits per heavy atom. The predicted octanol–water partition coefficient (Wildman–Crippen LogP) is -0.430. The van der Waals surface area contributed by atoms with Gasteiger partial charge in [0.1, 0.15) is 0 Å². The summed E-state index contributed by atoms with van der Waals surface area (Å²) in [5, 5.41) is 12.4. The van der Waals surface area contributed by atoms with Crippen LogP contribution >= 0.6 is 0 Å². The van der Waals surface area contributed by atoms with Crippen LogP contribution in [-0.2, 0) is 14.6 Å². The molecule has 0 aromatic heterocycles. The fourth-order valence-corrected chi connectivity index (χ4v) is 0.474. The average Bonchev–Trinajstić information content (AvgIpc) is 1.89. The van der Waals surface area contributed by atoms with E-state index in [0.717, 1.165) is 0 Å². The first-order valence-electron chi connectivity index (χ1n) is 3.15. The third-order valence-electron chi connectivity index (χ3n) is 0.957. The van der Waals surface area contributed by atoms with Crippen molar-refractivity contribution in [3.63, 3.8) is 0 Å². The van der Waals surface area contributed by atoms with E-state index in [1.54, 1.807) is 7.11 Å². The molecular weight excluding hydrogens is 134 g/mol. The Bertz CT molecular complexity index is 95.0. The van der Waals surface area contributed by atoms with Gasteiger partial charge in [0.2, 0.25) is 5.91 Å². The fourth-order valence-electron chi connectivity index (χ4n) is 0.474. The molecule has 0 fully saturated rings. The van der Waals surface area contributed by atoms with E-state index in [9.17, 15) is 9.90 Å². The van der Waals surface area contributed by atoms with Crippen LogP contribution in [0.25, 0.3) is 0 Å². The highest BCUT2D eigenvalue weighted by atomic mass is 16.5. The lowest BCUT2D eigenvalue weighted by molar-refractivity contribution is -0.122. The summed E-state index contributed by atoms with van der Waals surface area (Å²) in [6.45, 7) is 0.624. The third kappa shape index (κ3) is 5.53. The molecule has 0 spiro atoms. The monoisotopic (exact) mass is 146 g/mol. The summed E-state index contributed by atoms with van der Waals surface area (Å²) in [7, 11) is 1.56. The Hall–Kier alpha value is -0.610. The van der Waals surface area contributed by atoms with Gasteiger partial charge in [0.05, 0.1) is 19.6 Å². The molecule has 0 saturated heterocycles. The van der Waals surface area contributed by atoms with E-state index in [0.29, 0.717) is 13.2 Å². The summed E-state index contributed by atoms with van der Waals surface area (Å²) in [5.41, 5.74) is 0. The molecule has 0 aliphatic heterocycles. The fraction of sp³-hybridized carbons (Fsp3) is 0.833. The quantitative estimate of drug-likeness (QED) is 0.535. The zero-order valence-corrected chi connectivity index (χ0v) is 6.05. The molecule has 0 unspecified atom stereocenters. The first kappa shape index (κ1) is 9.39. The number of carbonyl (C=O) groups is 1. The summed E-state index contributed by atoms with van der Waals surface area (Å²) >= 11 is 0. The SMILES string of the molecule is COCCNC(=O)CC[O]. The van der Waals surface area contributed by atoms with Crippen molar-refractivity contribution in [2.75, 3.05) is 26.9 Å². The molecule has 0 heterocycles. The van der Waals surface area contributed by atoms with Crippen LogP contribution < -0.4 is 5.32 Å². The average molecular weight is 146 g/mol. The van der Waals surface area contributed by atoms with Gasteiger partial charge >= 0.3 is 0 Å². The molecule has 0 bridgehead atoms. The van der Waals surface area contributed by atoms with Gasteiger partial charge in [0.25, 0.3) is 0 Å². The Kier molecular flexibility index (Phi) is 6.11. The Labute approximate surface area is 60.2 Å². The van der Waals surface area contributed by atoms with Gasteiger partial charge in [-0.05, 0) is 0 Å². The number of carbonyl (C=O) groups excluding carboxylic acids is 1. The van der Waals surface area contributed by atoms with Crippen LogP contribution in [0.3, 0.4) is 0 Å². The molecule has 0 aliphatic rings. The van der Waals surface area contributed by atoms with E-state index in [-0.39, 0.29) is 18.9 Å². The summed E-state index contributed by atoms with van der Waals surface area (Å²) < 4.78 is 4.68. The van der Waals surface area contributed by atoms with Crippen molar-refractivity contribution in [3.05, 3.63) is 0 Å². The lowest BCUT2D eigenvalue weighted by Gasteiger charge is -2.00. The van der Waals surface area contributed by atoms with E-state index < -0.39 is 0 Å². The summed E-state index contributed by atoms with van der Waals surface area (Å²) in [6, 6.07) is 0. The number of methoxy groups -OCH3 is 1. The van der Waals surface area contributed by atoms with Crippen molar-refractivity contribution in [3.8, 4) is 0 Å². The van der Waals surface area contributed by atoms with Gasteiger partial charge in [0.15, 0.2) is 0 Å². The van der Waals surface area contributed by atoms with E-state index in [2.05, 4.69) is 10.1 Å². The summed E-state index contributed by atoms with van der Waals surface area (Å²) in [5.74, 6) is -0.202. The molecule has 0 atom stereocenters. The van der Waals surface area contributed by atoms with Crippen molar-refractivity contribution < 1.29 is 14.6 Å². The highest BCUT2D eigenvalue weighted by Crippen LogP contribution is 1.75. The van der Waals surface area contributed by atoms with Gasteiger partial charge in [-0.25, -0.2) is 5.11 Å². The first-order chi connectivity index (χ1) is 4.81. The zero-order chi connectivity index (χ0) is 7.82. The van der Waals surface area contributed by atoms with Crippen LogP contribution in [0.2, 0.25) is 0 Å². The minimum absolute atomic E-state index is 0.0592. The van der Waals surface area contributed by atoms with E-state index in [4.69, 9.17) is 0 Å². The first-order valence-corrected chi connectivity index (χ1v) is 3.15. The molecule has 1 radical (unpaired) electrons. The van der Waals surface area contributed by atoms with Crippen LogP contribution in [0.5, 0.6) is 0 Å². The highest BCUT2D eigenvalue weighted by molar-refractivity contribution is 5.75. The van der Waals surface area contributed by atoms with Gasteiger partial charge in [-0.15, -0.1) is 0 Å². The van der Waals surface area contributed by atoms with Crippen LogP contribution in [0.4, 0.5) is 0 Å². The third-order valence-corrected chi connectivity index (χ3v) is 0.957. The second kappa shape index (κ2) is 6.51. The van der Waals surface area contributed by atoms with Crippen LogP contribution in [0.1, 0.15) is 6.42 Å². The van der Waals surface area contributed by atoms with E-state index in [1.807, 2.05) is 0 Å². The summed E-state index contributed by atoms with van der Waals surface area (Å²) in [4.78, 5) is 10.6. The maximum absolute atomic E-state index is 10.6. The van der Waals surface area contributed by atoms with Crippen molar-refractivity contribution in [2.45, 2.75) is 6.42 Å².